The van der Waals surface area contributed by atoms with Crippen molar-refractivity contribution in [1.29, 1.82) is 0 Å². The van der Waals surface area contributed by atoms with Crippen LogP contribution in [-0.4, -0.2) is 31.8 Å². The molecule has 0 spiro atoms. The molecule has 0 atom stereocenters. The lowest BCUT2D eigenvalue weighted by Crippen LogP contribution is -2.16. The predicted molar refractivity (Wildman–Crippen MR) is 110 cm³/mol. The Kier molecular flexibility index (Phi) is 6.79. The number of ether oxygens (including phenoxy) is 2. The molecule has 3 rings (SSSR count). The van der Waals surface area contributed by atoms with Crippen LogP contribution in [0.1, 0.15) is 39.2 Å². The Morgan fingerprint density at radius 2 is 1.89 bits per heavy atom. The Labute approximate surface area is 167 Å². The first-order valence-electron chi connectivity index (χ1n) is 8.85. The highest BCUT2D eigenvalue weighted by Gasteiger charge is 2.26. The van der Waals surface area contributed by atoms with Gasteiger partial charge in [-0.25, -0.2) is 4.79 Å². The van der Waals surface area contributed by atoms with Gasteiger partial charge < -0.3 is 14.8 Å². The fourth-order valence-corrected chi connectivity index (χ4v) is 5.20. The molecule has 2 aromatic rings. The number of thioether (sulfide) groups is 1. The highest BCUT2D eigenvalue weighted by atomic mass is 32.2. The van der Waals surface area contributed by atoms with E-state index in [0.717, 1.165) is 48.3 Å². The van der Waals surface area contributed by atoms with Gasteiger partial charge in [0.15, 0.2) is 0 Å². The van der Waals surface area contributed by atoms with Gasteiger partial charge in [0.25, 0.3) is 0 Å². The average molecular weight is 406 g/mol. The number of aryl methyl sites for hydroxylation is 1. The van der Waals surface area contributed by atoms with Gasteiger partial charge in [-0.1, -0.05) is 12.1 Å². The van der Waals surface area contributed by atoms with Crippen LogP contribution in [0.15, 0.2) is 24.3 Å². The van der Waals surface area contributed by atoms with Crippen molar-refractivity contribution in [3.8, 4) is 5.75 Å². The second-order valence-electron chi connectivity index (χ2n) is 6.30. The molecule has 27 heavy (non-hydrogen) atoms. The molecule has 144 valence electrons. The quantitative estimate of drug-likeness (QED) is 0.696. The Morgan fingerprint density at radius 1 is 1.15 bits per heavy atom. The second kappa shape index (κ2) is 9.28. The van der Waals surface area contributed by atoms with Crippen molar-refractivity contribution in [2.75, 3.05) is 25.3 Å². The molecular formula is C20H23NO4S2. The summed E-state index contributed by atoms with van der Waals surface area (Å²) in [5.74, 6) is 1.42. The smallest absolute Gasteiger partial charge is 0.341 e. The van der Waals surface area contributed by atoms with E-state index >= 15 is 0 Å². The third kappa shape index (κ3) is 4.84. The van der Waals surface area contributed by atoms with Crippen molar-refractivity contribution in [2.24, 2.45) is 0 Å². The van der Waals surface area contributed by atoms with E-state index in [2.05, 4.69) is 5.32 Å². The maximum absolute atomic E-state index is 12.4. The Morgan fingerprint density at radius 3 is 2.59 bits per heavy atom. The number of thiophene rings is 1. The lowest BCUT2D eigenvalue weighted by atomic mass is 9.95. The van der Waals surface area contributed by atoms with Crippen molar-refractivity contribution in [2.45, 2.75) is 31.4 Å². The molecule has 0 bridgehead atoms. The van der Waals surface area contributed by atoms with E-state index in [0.29, 0.717) is 16.3 Å². The van der Waals surface area contributed by atoms with Crippen LogP contribution >= 0.6 is 23.1 Å². The Bertz CT molecular complexity index is 814. The predicted octanol–water partition coefficient (Wildman–Crippen LogP) is 4.29. The van der Waals surface area contributed by atoms with Crippen LogP contribution in [0.2, 0.25) is 0 Å². The van der Waals surface area contributed by atoms with Gasteiger partial charge >= 0.3 is 5.97 Å². The van der Waals surface area contributed by atoms with E-state index < -0.39 is 0 Å². The van der Waals surface area contributed by atoms with Crippen molar-refractivity contribution in [3.05, 3.63) is 45.8 Å². The van der Waals surface area contributed by atoms with Crippen molar-refractivity contribution in [3.63, 3.8) is 0 Å². The molecule has 1 aromatic heterocycles. The van der Waals surface area contributed by atoms with Crippen molar-refractivity contribution < 1.29 is 19.1 Å². The SMILES string of the molecule is COC(=O)c1c(NC(=O)CSCc2ccc(OC)cc2)sc2c1CCCC2. The summed E-state index contributed by atoms with van der Waals surface area (Å²) >= 11 is 3.05. The summed E-state index contributed by atoms with van der Waals surface area (Å²) in [6.45, 7) is 0. The molecule has 0 radical (unpaired) electrons. The van der Waals surface area contributed by atoms with Crippen LogP contribution in [-0.2, 0) is 28.1 Å². The molecule has 0 saturated carbocycles. The van der Waals surface area contributed by atoms with Crippen LogP contribution in [0.3, 0.4) is 0 Å². The van der Waals surface area contributed by atoms with E-state index in [-0.39, 0.29) is 11.9 Å². The third-order valence-corrected chi connectivity index (χ3v) is 6.69. The molecule has 0 fully saturated rings. The first-order valence-corrected chi connectivity index (χ1v) is 10.8. The van der Waals surface area contributed by atoms with Gasteiger partial charge in [0.1, 0.15) is 10.8 Å². The molecule has 0 saturated heterocycles. The molecule has 1 aliphatic rings. The van der Waals surface area contributed by atoms with E-state index in [1.165, 1.54) is 35.1 Å². The first-order chi connectivity index (χ1) is 13.1. The zero-order valence-corrected chi connectivity index (χ0v) is 17.1. The van der Waals surface area contributed by atoms with E-state index in [4.69, 9.17) is 9.47 Å². The Hall–Kier alpha value is -1.99. The van der Waals surface area contributed by atoms with Gasteiger partial charge in [0, 0.05) is 10.6 Å². The van der Waals surface area contributed by atoms with E-state index in [1.807, 2.05) is 24.3 Å². The Balaban J connectivity index is 1.60. The molecule has 1 amide bonds. The molecule has 1 N–H and O–H groups in total. The maximum Gasteiger partial charge on any atom is 0.341 e. The molecule has 1 aromatic carbocycles. The maximum atomic E-state index is 12.4. The standard InChI is InChI=1S/C20H23NO4S2/c1-24-14-9-7-13(8-10-14)11-26-12-17(22)21-19-18(20(23)25-2)15-5-3-4-6-16(15)27-19/h7-10H,3-6,11-12H2,1-2H3,(H,21,22). The number of hydrogen-bond donors (Lipinski definition) is 1. The number of anilines is 1. The van der Waals surface area contributed by atoms with Gasteiger partial charge in [-0.05, 0) is 48.9 Å². The highest BCUT2D eigenvalue weighted by Crippen LogP contribution is 2.38. The van der Waals surface area contributed by atoms with Gasteiger partial charge in [-0.2, -0.15) is 0 Å². The molecular weight excluding hydrogens is 382 g/mol. The number of hydrogen-bond acceptors (Lipinski definition) is 6. The zero-order chi connectivity index (χ0) is 19.2. The van der Waals surface area contributed by atoms with Crippen molar-refractivity contribution >= 4 is 40.0 Å². The minimum Gasteiger partial charge on any atom is -0.497 e. The number of fused-ring (bicyclic) bond motifs is 1. The molecule has 5 nitrogen and oxygen atoms in total. The number of methoxy groups -OCH3 is 2. The lowest BCUT2D eigenvalue weighted by Gasteiger charge is -2.11. The number of esters is 1. The number of carbonyl (C=O) groups excluding carboxylic acids is 2. The van der Waals surface area contributed by atoms with Crippen LogP contribution in [0.4, 0.5) is 5.00 Å². The van der Waals surface area contributed by atoms with Crippen molar-refractivity contribution in [1.82, 2.24) is 0 Å². The summed E-state index contributed by atoms with van der Waals surface area (Å²) in [7, 11) is 3.02. The molecule has 1 heterocycles. The largest absolute Gasteiger partial charge is 0.497 e. The molecule has 7 heteroatoms. The van der Waals surface area contributed by atoms with Crippen LogP contribution in [0.5, 0.6) is 5.75 Å². The van der Waals surface area contributed by atoms with Crippen LogP contribution in [0, 0.1) is 0 Å². The van der Waals surface area contributed by atoms with E-state index in [1.54, 1.807) is 7.11 Å². The molecule has 1 aliphatic carbocycles. The monoisotopic (exact) mass is 405 g/mol. The zero-order valence-electron chi connectivity index (χ0n) is 15.5. The number of benzene rings is 1. The number of rotatable bonds is 7. The molecule has 0 aliphatic heterocycles. The van der Waals surface area contributed by atoms with Crippen LogP contribution < -0.4 is 10.1 Å². The second-order valence-corrected chi connectivity index (χ2v) is 8.39. The topological polar surface area (TPSA) is 64.6 Å². The fraction of sp³-hybridized carbons (Fsp3) is 0.400. The molecule has 0 unspecified atom stereocenters. The highest BCUT2D eigenvalue weighted by molar-refractivity contribution is 7.99. The summed E-state index contributed by atoms with van der Waals surface area (Å²) in [6, 6.07) is 7.81. The average Bonchev–Trinajstić information content (AvgIpc) is 3.05. The summed E-state index contributed by atoms with van der Waals surface area (Å²) in [4.78, 5) is 25.8. The first kappa shape index (κ1) is 19.8. The van der Waals surface area contributed by atoms with Gasteiger partial charge in [-0.3, -0.25) is 4.79 Å². The fourth-order valence-electron chi connectivity index (χ4n) is 3.12. The van der Waals surface area contributed by atoms with Gasteiger partial charge in [0.2, 0.25) is 5.91 Å². The normalized spacial score (nSPS) is 13.0. The minimum absolute atomic E-state index is 0.0998. The summed E-state index contributed by atoms with van der Waals surface area (Å²) in [5, 5.41) is 3.55. The van der Waals surface area contributed by atoms with Gasteiger partial charge in [-0.15, -0.1) is 23.1 Å². The minimum atomic E-state index is -0.365. The number of amides is 1. The summed E-state index contributed by atoms with van der Waals surface area (Å²) in [5.41, 5.74) is 2.74. The van der Waals surface area contributed by atoms with E-state index in [9.17, 15) is 9.59 Å². The summed E-state index contributed by atoms with van der Waals surface area (Å²) in [6.07, 6.45) is 4.03. The van der Waals surface area contributed by atoms with Gasteiger partial charge in [0.05, 0.1) is 25.5 Å². The summed E-state index contributed by atoms with van der Waals surface area (Å²) < 4.78 is 10.1. The number of carbonyl (C=O) groups is 2. The third-order valence-electron chi connectivity index (χ3n) is 4.47. The number of nitrogens with one attached hydrogen (secondary N) is 1. The van der Waals surface area contributed by atoms with Crippen LogP contribution in [0.25, 0.3) is 0 Å². The lowest BCUT2D eigenvalue weighted by molar-refractivity contribution is -0.113.